The fourth-order valence-corrected chi connectivity index (χ4v) is 4.17. The summed E-state index contributed by atoms with van der Waals surface area (Å²) in [6, 6.07) is 18.5. The first-order valence-electron chi connectivity index (χ1n) is 12.3. The number of rotatable bonds is 11. The number of anilines is 1. The van der Waals surface area contributed by atoms with Gasteiger partial charge in [0.25, 0.3) is 0 Å². The Bertz CT molecular complexity index is 906. The van der Waals surface area contributed by atoms with E-state index in [0.29, 0.717) is 18.4 Å². The maximum absolute atomic E-state index is 12.6. The molecule has 1 saturated heterocycles. The van der Waals surface area contributed by atoms with E-state index >= 15 is 0 Å². The number of carbonyl (C=O) groups excluding carboxylic acids is 2. The number of primary amides is 1. The molecule has 0 bridgehead atoms. The van der Waals surface area contributed by atoms with E-state index < -0.39 is 0 Å². The Morgan fingerprint density at radius 1 is 1.03 bits per heavy atom. The van der Waals surface area contributed by atoms with Crippen LogP contribution in [0.2, 0.25) is 0 Å². The molecule has 6 nitrogen and oxygen atoms in total. The molecule has 183 valence electrons. The van der Waals surface area contributed by atoms with Crippen LogP contribution in [0.1, 0.15) is 46.5 Å². The van der Waals surface area contributed by atoms with Crippen molar-refractivity contribution >= 4 is 17.5 Å². The Morgan fingerprint density at radius 3 is 2.24 bits per heavy atom. The van der Waals surface area contributed by atoms with Crippen LogP contribution in [-0.2, 0) is 9.59 Å². The van der Waals surface area contributed by atoms with E-state index in [4.69, 9.17) is 10.5 Å². The summed E-state index contributed by atoms with van der Waals surface area (Å²) in [4.78, 5) is 28.2. The number of hydrogen-bond acceptors (Lipinski definition) is 4. The molecule has 1 aliphatic rings. The van der Waals surface area contributed by atoms with Crippen molar-refractivity contribution in [1.82, 2.24) is 4.90 Å². The van der Waals surface area contributed by atoms with E-state index in [1.807, 2.05) is 47.4 Å². The van der Waals surface area contributed by atoms with Crippen molar-refractivity contribution in [2.45, 2.75) is 52.5 Å². The molecular formula is C28H38N3O3. The molecule has 1 fully saturated rings. The molecule has 1 aliphatic heterocycles. The summed E-state index contributed by atoms with van der Waals surface area (Å²) in [5.74, 6) is 1.57. The van der Waals surface area contributed by atoms with Crippen LogP contribution in [-0.4, -0.2) is 42.4 Å². The van der Waals surface area contributed by atoms with Crippen LogP contribution < -0.4 is 15.4 Å². The summed E-state index contributed by atoms with van der Waals surface area (Å²) in [6.45, 7) is 8.67. The highest BCUT2D eigenvalue weighted by atomic mass is 16.5. The lowest BCUT2D eigenvalue weighted by Gasteiger charge is -2.40. The first-order chi connectivity index (χ1) is 16.3. The molecule has 2 aromatic carbocycles. The van der Waals surface area contributed by atoms with Crippen molar-refractivity contribution in [2.75, 3.05) is 24.5 Å². The van der Waals surface area contributed by atoms with Gasteiger partial charge in [-0.25, -0.2) is 0 Å². The molecule has 1 unspecified atom stereocenters. The number of piperidine rings is 1. The second kappa shape index (κ2) is 12.4. The third-order valence-electron chi connectivity index (χ3n) is 6.44. The lowest BCUT2D eigenvalue weighted by molar-refractivity contribution is -0.129. The molecule has 0 aliphatic carbocycles. The fraction of sp³-hybridized carbons (Fsp3) is 0.464. The standard InChI is InChI=1S/C28H38N3O3/c1-21(2)15-20-31(23-10-12-26(13-11-23)34-25-7-5-4-6-8-25)24-16-18-30(19-17-24)27(32)14-9-22(3)28(29)33/h4-8,10-14,21-22,24H,9,15-20H2,1-3H3,(H2,29,33). The van der Waals surface area contributed by atoms with Crippen molar-refractivity contribution in [2.24, 2.45) is 17.6 Å². The second-order valence-electron chi connectivity index (χ2n) is 9.58. The van der Waals surface area contributed by atoms with Gasteiger partial charge in [-0.3, -0.25) is 9.59 Å². The van der Waals surface area contributed by atoms with Crippen LogP contribution in [0.5, 0.6) is 11.5 Å². The predicted molar refractivity (Wildman–Crippen MR) is 137 cm³/mol. The predicted octanol–water partition coefficient (Wildman–Crippen LogP) is 5.04. The average Bonchev–Trinajstić information content (AvgIpc) is 2.84. The van der Waals surface area contributed by atoms with Crippen molar-refractivity contribution in [1.29, 1.82) is 0 Å². The second-order valence-corrected chi connectivity index (χ2v) is 9.58. The van der Waals surface area contributed by atoms with Gasteiger partial charge in [-0.05, 0) is 68.0 Å². The molecule has 1 heterocycles. The maximum atomic E-state index is 12.6. The smallest absolute Gasteiger partial charge is 0.226 e. The summed E-state index contributed by atoms with van der Waals surface area (Å²) >= 11 is 0. The summed E-state index contributed by atoms with van der Waals surface area (Å²) < 4.78 is 5.96. The fourth-order valence-electron chi connectivity index (χ4n) is 4.17. The summed E-state index contributed by atoms with van der Waals surface area (Å²) in [5, 5.41) is 0. The number of nitrogens with zero attached hydrogens (tertiary/aromatic N) is 2. The van der Waals surface area contributed by atoms with Gasteiger partial charge in [0.2, 0.25) is 11.8 Å². The van der Waals surface area contributed by atoms with Crippen molar-refractivity contribution in [3.63, 3.8) is 0 Å². The minimum Gasteiger partial charge on any atom is -0.457 e. The summed E-state index contributed by atoms with van der Waals surface area (Å²) in [6.07, 6.45) is 4.96. The molecule has 0 saturated carbocycles. The van der Waals surface area contributed by atoms with E-state index in [9.17, 15) is 9.59 Å². The van der Waals surface area contributed by atoms with Gasteiger partial charge in [-0.1, -0.05) is 39.0 Å². The van der Waals surface area contributed by atoms with Gasteiger partial charge >= 0.3 is 0 Å². The van der Waals surface area contributed by atoms with Gasteiger partial charge in [-0.15, -0.1) is 0 Å². The Morgan fingerprint density at radius 2 is 1.65 bits per heavy atom. The van der Waals surface area contributed by atoms with Gasteiger partial charge in [0.15, 0.2) is 0 Å². The third-order valence-corrected chi connectivity index (χ3v) is 6.44. The van der Waals surface area contributed by atoms with E-state index in [-0.39, 0.29) is 17.7 Å². The molecule has 1 radical (unpaired) electrons. The van der Waals surface area contributed by atoms with Crippen molar-refractivity contribution in [3.8, 4) is 11.5 Å². The van der Waals surface area contributed by atoms with E-state index in [1.165, 1.54) is 5.69 Å². The zero-order chi connectivity index (χ0) is 24.5. The number of hydrogen-bond donors (Lipinski definition) is 1. The quantitative estimate of drug-likeness (QED) is 0.506. The first kappa shape index (κ1) is 25.6. The van der Waals surface area contributed by atoms with Crippen molar-refractivity contribution in [3.05, 3.63) is 61.0 Å². The molecule has 34 heavy (non-hydrogen) atoms. The lowest BCUT2D eigenvalue weighted by atomic mass is 9.99. The Labute approximate surface area is 204 Å². The molecule has 2 amide bonds. The van der Waals surface area contributed by atoms with E-state index in [2.05, 4.69) is 30.9 Å². The molecule has 0 spiro atoms. The number of ether oxygens (including phenoxy) is 1. The average molecular weight is 465 g/mol. The van der Waals surface area contributed by atoms with Gasteiger partial charge in [-0.2, -0.15) is 0 Å². The lowest BCUT2D eigenvalue weighted by Crippen LogP contribution is -2.47. The van der Waals surface area contributed by atoms with E-state index in [1.54, 1.807) is 13.3 Å². The summed E-state index contributed by atoms with van der Waals surface area (Å²) in [7, 11) is 0. The van der Waals surface area contributed by atoms with Gasteiger partial charge in [0.1, 0.15) is 11.5 Å². The van der Waals surface area contributed by atoms with Crippen LogP contribution in [0, 0.1) is 18.3 Å². The highest BCUT2D eigenvalue weighted by molar-refractivity contribution is 5.86. The number of amides is 2. The monoisotopic (exact) mass is 464 g/mol. The Kier molecular flexibility index (Phi) is 9.37. The topological polar surface area (TPSA) is 75.9 Å². The molecular weight excluding hydrogens is 426 g/mol. The Hall–Kier alpha value is -3.02. The minimum absolute atomic E-state index is 0.00249. The number of benzene rings is 2. The molecule has 2 N–H and O–H groups in total. The van der Waals surface area contributed by atoms with Gasteiger partial charge in [0, 0.05) is 37.3 Å². The van der Waals surface area contributed by atoms with E-state index in [0.717, 1.165) is 50.4 Å². The van der Waals surface area contributed by atoms with Crippen LogP contribution in [0.15, 0.2) is 54.6 Å². The zero-order valence-electron chi connectivity index (χ0n) is 20.7. The molecule has 0 aromatic heterocycles. The highest BCUT2D eigenvalue weighted by Crippen LogP contribution is 2.29. The Balaban J connectivity index is 1.60. The third kappa shape index (κ3) is 7.51. The number of likely N-dealkylation sites (tertiary alicyclic amines) is 1. The SMILES string of the molecule is CC(C)CCN(c1ccc(Oc2ccccc2)cc1)C1CCN(C(=O)[CH]CC(C)C(N)=O)CC1. The largest absolute Gasteiger partial charge is 0.457 e. The summed E-state index contributed by atoms with van der Waals surface area (Å²) in [5.41, 5.74) is 6.50. The van der Waals surface area contributed by atoms with Crippen LogP contribution in [0.25, 0.3) is 0 Å². The maximum Gasteiger partial charge on any atom is 0.226 e. The highest BCUT2D eigenvalue weighted by Gasteiger charge is 2.27. The molecule has 6 heteroatoms. The molecule has 1 atom stereocenters. The normalized spacial score (nSPS) is 15.2. The van der Waals surface area contributed by atoms with Gasteiger partial charge in [0.05, 0.1) is 6.42 Å². The number of para-hydroxylation sites is 1. The first-order valence-corrected chi connectivity index (χ1v) is 12.3. The van der Waals surface area contributed by atoms with Crippen LogP contribution in [0.3, 0.4) is 0 Å². The zero-order valence-corrected chi connectivity index (χ0v) is 20.7. The van der Waals surface area contributed by atoms with Crippen LogP contribution >= 0.6 is 0 Å². The van der Waals surface area contributed by atoms with Gasteiger partial charge < -0.3 is 20.3 Å². The molecule has 3 rings (SSSR count). The van der Waals surface area contributed by atoms with Crippen molar-refractivity contribution < 1.29 is 14.3 Å². The van der Waals surface area contributed by atoms with Crippen LogP contribution in [0.4, 0.5) is 5.69 Å². The minimum atomic E-state index is -0.372. The molecule has 2 aromatic rings. The number of nitrogens with two attached hydrogens (primary N) is 1. The number of carbonyl (C=O) groups is 2.